The third-order valence-corrected chi connectivity index (χ3v) is 2.81. The van der Waals surface area contributed by atoms with Crippen LogP contribution in [0.5, 0.6) is 0 Å². The van der Waals surface area contributed by atoms with Gasteiger partial charge in [0, 0.05) is 25.0 Å². The van der Waals surface area contributed by atoms with Gasteiger partial charge in [-0.25, -0.2) is 9.97 Å². The van der Waals surface area contributed by atoms with Crippen molar-refractivity contribution in [1.82, 2.24) is 9.97 Å². The van der Waals surface area contributed by atoms with Gasteiger partial charge in [-0.3, -0.25) is 0 Å². The quantitative estimate of drug-likeness (QED) is 0.844. The maximum absolute atomic E-state index is 5.92. The number of hydrogen-bond acceptors (Lipinski definition) is 4. The number of aromatic nitrogens is 2. The molecule has 2 rings (SSSR count). The Bertz CT molecular complexity index is 518. The second kappa shape index (κ2) is 5.40. The molecule has 90 valence electrons. The van der Waals surface area contributed by atoms with Crippen molar-refractivity contribution < 1.29 is 4.74 Å². The molecule has 0 fully saturated rings. The van der Waals surface area contributed by atoms with Crippen molar-refractivity contribution in [3.63, 3.8) is 0 Å². The molecule has 0 saturated carbocycles. The molecule has 1 aromatic heterocycles. The molecule has 4 nitrogen and oxygen atoms in total. The van der Waals surface area contributed by atoms with Crippen LogP contribution in [-0.4, -0.2) is 30.2 Å². The van der Waals surface area contributed by atoms with Crippen LogP contribution in [-0.2, 0) is 4.74 Å². The first-order valence-electron chi connectivity index (χ1n) is 5.37. The highest BCUT2D eigenvalue weighted by Gasteiger charge is 2.16. The number of hydrogen-bond donors (Lipinski definition) is 1. The molecule has 17 heavy (non-hydrogen) atoms. The molecule has 0 radical (unpaired) electrons. The topological polar surface area (TPSA) is 61.0 Å². The zero-order chi connectivity index (χ0) is 12.3. The van der Waals surface area contributed by atoms with E-state index in [2.05, 4.69) is 9.97 Å². The van der Waals surface area contributed by atoms with Gasteiger partial charge in [0.1, 0.15) is 0 Å². The van der Waals surface area contributed by atoms with Crippen LogP contribution in [0.4, 0.5) is 0 Å². The van der Waals surface area contributed by atoms with E-state index in [1.54, 1.807) is 7.11 Å². The van der Waals surface area contributed by atoms with Gasteiger partial charge in [0.25, 0.3) is 0 Å². The minimum absolute atomic E-state index is 0.0328. The highest BCUT2D eigenvalue weighted by molar-refractivity contribution is 6.28. The van der Waals surface area contributed by atoms with Crippen molar-refractivity contribution in [2.75, 3.05) is 20.3 Å². The molecule has 0 bridgehead atoms. The minimum Gasteiger partial charge on any atom is -0.384 e. The SMILES string of the molecule is COCC(CN)c1nc(Cl)nc2ccccc12. The van der Waals surface area contributed by atoms with Crippen molar-refractivity contribution in [2.45, 2.75) is 5.92 Å². The van der Waals surface area contributed by atoms with E-state index in [0.717, 1.165) is 16.6 Å². The van der Waals surface area contributed by atoms with Crippen LogP contribution in [0.2, 0.25) is 5.28 Å². The van der Waals surface area contributed by atoms with Crippen LogP contribution in [0.15, 0.2) is 24.3 Å². The monoisotopic (exact) mass is 251 g/mol. The van der Waals surface area contributed by atoms with E-state index in [-0.39, 0.29) is 11.2 Å². The van der Waals surface area contributed by atoms with E-state index in [1.807, 2.05) is 24.3 Å². The summed E-state index contributed by atoms with van der Waals surface area (Å²) in [7, 11) is 1.65. The highest BCUT2D eigenvalue weighted by atomic mass is 35.5. The Morgan fingerprint density at radius 1 is 1.35 bits per heavy atom. The maximum atomic E-state index is 5.92. The molecule has 5 heteroatoms. The summed E-state index contributed by atoms with van der Waals surface area (Å²) in [4.78, 5) is 8.47. The van der Waals surface area contributed by atoms with E-state index < -0.39 is 0 Å². The lowest BCUT2D eigenvalue weighted by Crippen LogP contribution is -2.19. The van der Waals surface area contributed by atoms with Gasteiger partial charge in [0.15, 0.2) is 0 Å². The van der Waals surface area contributed by atoms with Crippen LogP contribution in [0.25, 0.3) is 10.9 Å². The molecule has 0 aliphatic heterocycles. The minimum atomic E-state index is 0.0328. The molecule has 1 aromatic carbocycles. The third kappa shape index (κ3) is 2.54. The fourth-order valence-corrected chi connectivity index (χ4v) is 2.02. The van der Waals surface area contributed by atoms with Gasteiger partial charge in [-0.05, 0) is 17.7 Å². The van der Waals surface area contributed by atoms with E-state index in [1.165, 1.54) is 0 Å². The van der Waals surface area contributed by atoms with Gasteiger partial charge in [-0.15, -0.1) is 0 Å². The number of methoxy groups -OCH3 is 1. The molecular weight excluding hydrogens is 238 g/mol. The van der Waals surface area contributed by atoms with Crippen molar-refractivity contribution >= 4 is 22.5 Å². The zero-order valence-corrected chi connectivity index (χ0v) is 10.3. The largest absolute Gasteiger partial charge is 0.384 e. The van der Waals surface area contributed by atoms with Crippen LogP contribution in [0, 0.1) is 0 Å². The number of para-hydroxylation sites is 1. The summed E-state index contributed by atoms with van der Waals surface area (Å²) in [6.45, 7) is 0.985. The highest BCUT2D eigenvalue weighted by Crippen LogP contribution is 2.24. The van der Waals surface area contributed by atoms with Crippen LogP contribution in [0.1, 0.15) is 11.6 Å². The summed E-state index contributed by atoms with van der Waals surface area (Å²) in [6.07, 6.45) is 0. The fourth-order valence-electron chi connectivity index (χ4n) is 1.84. The predicted molar refractivity (Wildman–Crippen MR) is 68.2 cm³/mol. The Kier molecular flexibility index (Phi) is 3.89. The number of halogens is 1. The van der Waals surface area contributed by atoms with Gasteiger partial charge in [0.05, 0.1) is 17.8 Å². The molecule has 0 saturated heterocycles. The van der Waals surface area contributed by atoms with Crippen molar-refractivity contribution in [3.8, 4) is 0 Å². The van der Waals surface area contributed by atoms with Crippen molar-refractivity contribution in [2.24, 2.45) is 5.73 Å². The first kappa shape index (κ1) is 12.2. The van der Waals surface area contributed by atoms with Crippen LogP contribution in [0.3, 0.4) is 0 Å². The number of benzene rings is 1. The molecule has 1 unspecified atom stereocenters. The summed E-state index contributed by atoms with van der Waals surface area (Å²) < 4.78 is 5.15. The molecule has 1 heterocycles. The first-order valence-corrected chi connectivity index (χ1v) is 5.75. The van der Waals surface area contributed by atoms with E-state index in [0.29, 0.717) is 13.2 Å². The Balaban J connectivity index is 2.58. The van der Waals surface area contributed by atoms with Gasteiger partial charge in [-0.1, -0.05) is 18.2 Å². The number of fused-ring (bicyclic) bond motifs is 1. The zero-order valence-electron chi connectivity index (χ0n) is 9.56. The van der Waals surface area contributed by atoms with E-state index in [9.17, 15) is 0 Å². The molecule has 0 aliphatic rings. The fraction of sp³-hybridized carbons (Fsp3) is 0.333. The number of ether oxygens (including phenoxy) is 1. The average molecular weight is 252 g/mol. The lowest BCUT2D eigenvalue weighted by molar-refractivity contribution is 0.180. The van der Waals surface area contributed by atoms with Crippen molar-refractivity contribution in [3.05, 3.63) is 35.2 Å². The molecule has 2 aromatic rings. The molecule has 1 atom stereocenters. The van der Waals surface area contributed by atoms with Gasteiger partial charge >= 0.3 is 0 Å². The van der Waals surface area contributed by atoms with E-state index >= 15 is 0 Å². The smallest absolute Gasteiger partial charge is 0.223 e. The predicted octanol–water partition coefficient (Wildman–Crippen LogP) is 1.97. The molecular formula is C12H14ClN3O. The standard InChI is InChI=1S/C12H14ClN3O/c1-17-7-8(6-14)11-9-4-2-3-5-10(9)15-12(13)16-11/h2-5,8H,6-7,14H2,1H3. The van der Waals surface area contributed by atoms with Gasteiger partial charge in [-0.2, -0.15) is 0 Å². The molecule has 0 amide bonds. The second-order valence-corrected chi connectivity index (χ2v) is 4.12. The summed E-state index contributed by atoms with van der Waals surface area (Å²) in [5, 5.41) is 1.22. The molecule has 0 spiro atoms. The second-order valence-electron chi connectivity index (χ2n) is 3.78. The molecule has 2 N–H and O–H groups in total. The summed E-state index contributed by atoms with van der Waals surface area (Å²) >= 11 is 5.92. The Morgan fingerprint density at radius 2 is 2.12 bits per heavy atom. The normalized spacial score (nSPS) is 12.9. The van der Waals surface area contributed by atoms with Crippen molar-refractivity contribution in [1.29, 1.82) is 0 Å². The average Bonchev–Trinajstić information content (AvgIpc) is 2.35. The van der Waals surface area contributed by atoms with Gasteiger partial charge in [0.2, 0.25) is 5.28 Å². The molecule has 0 aliphatic carbocycles. The Hall–Kier alpha value is -1.23. The summed E-state index contributed by atoms with van der Waals surface area (Å²) in [5.41, 5.74) is 7.43. The van der Waals surface area contributed by atoms with Crippen LogP contribution >= 0.6 is 11.6 Å². The number of nitrogens with zero attached hydrogens (tertiary/aromatic N) is 2. The Labute approximate surface area is 105 Å². The summed E-state index contributed by atoms with van der Waals surface area (Å²) in [6, 6.07) is 7.75. The lowest BCUT2D eigenvalue weighted by Gasteiger charge is -2.15. The lowest BCUT2D eigenvalue weighted by atomic mass is 10.0. The van der Waals surface area contributed by atoms with Crippen LogP contribution < -0.4 is 5.73 Å². The van der Waals surface area contributed by atoms with Gasteiger partial charge < -0.3 is 10.5 Å². The first-order chi connectivity index (χ1) is 8.26. The van der Waals surface area contributed by atoms with E-state index in [4.69, 9.17) is 22.1 Å². The number of nitrogens with two attached hydrogens (primary N) is 1. The Morgan fingerprint density at radius 3 is 2.82 bits per heavy atom. The third-order valence-electron chi connectivity index (χ3n) is 2.64. The summed E-state index contributed by atoms with van der Waals surface area (Å²) in [5.74, 6) is 0.0328. The maximum Gasteiger partial charge on any atom is 0.223 e. The number of rotatable bonds is 4.